The molecule has 5 atom stereocenters. The van der Waals surface area contributed by atoms with E-state index in [9.17, 15) is 15.3 Å². The number of aliphatic hydroxyl groups is 4. The van der Waals surface area contributed by atoms with Crippen molar-refractivity contribution >= 4 is 0 Å². The zero-order valence-electron chi connectivity index (χ0n) is 10.1. The monoisotopic (exact) mass is 235 g/mol. The van der Waals surface area contributed by atoms with Crippen molar-refractivity contribution in [3.63, 3.8) is 0 Å². The van der Waals surface area contributed by atoms with Crippen LogP contribution in [0.1, 0.15) is 20.8 Å². The van der Waals surface area contributed by atoms with E-state index in [1.54, 1.807) is 14.0 Å². The molecule has 0 spiro atoms. The van der Waals surface area contributed by atoms with Crippen LogP contribution in [0, 0.1) is 0 Å². The summed E-state index contributed by atoms with van der Waals surface area (Å²) in [4.78, 5) is 0. The molecule has 5 unspecified atom stereocenters. The number of hydrogen-bond acceptors (Lipinski definition) is 6. The van der Waals surface area contributed by atoms with Crippen molar-refractivity contribution in [3.8, 4) is 0 Å². The second kappa shape index (κ2) is 3.90. The Morgan fingerprint density at radius 3 is 2.12 bits per heavy atom. The lowest BCUT2D eigenvalue weighted by Gasteiger charge is -2.58. The Kier molecular flexibility index (Phi) is 3.37. The number of likely N-dealkylation sites (N-methyl/N-ethyl adjacent to an activating group) is 1. The molecule has 0 bridgehead atoms. The molecule has 0 aromatic carbocycles. The minimum Gasteiger partial charge on any atom is -0.394 e. The molecule has 1 saturated heterocycles. The fraction of sp³-hybridized carbons (Fsp3) is 1.00. The molecule has 0 aromatic heterocycles. The second-order valence-corrected chi connectivity index (χ2v) is 4.83. The number of aliphatic hydroxyl groups excluding tert-OH is 2. The van der Waals surface area contributed by atoms with E-state index < -0.39 is 35.7 Å². The van der Waals surface area contributed by atoms with Crippen LogP contribution in [0.3, 0.4) is 0 Å². The average molecular weight is 235 g/mol. The van der Waals surface area contributed by atoms with Crippen molar-refractivity contribution in [2.45, 2.75) is 49.9 Å². The number of ether oxygens (including phenoxy) is 1. The van der Waals surface area contributed by atoms with Crippen LogP contribution in [0.5, 0.6) is 0 Å². The highest BCUT2D eigenvalue weighted by atomic mass is 16.6. The molecule has 0 aromatic rings. The maximum Gasteiger partial charge on any atom is 0.176 e. The van der Waals surface area contributed by atoms with Gasteiger partial charge in [-0.15, -0.1) is 0 Å². The van der Waals surface area contributed by atoms with E-state index in [4.69, 9.17) is 9.84 Å². The van der Waals surface area contributed by atoms with E-state index in [0.29, 0.717) is 0 Å². The van der Waals surface area contributed by atoms with Crippen molar-refractivity contribution in [1.82, 2.24) is 5.32 Å². The third kappa shape index (κ3) is 1.49. The standard InChI is InChI=1S/C10H21NO5/c1-8(11-4)7(13)16-6(5-12)9(2,14)10(8,3)15/h6-7,11-15H,5H2,1-4H3. The Bertz CT molecular complexity index is 268. The van der Waals surface area contributed by atoms with Gasteiger partial charge in [-0.2, -0.15) is 0 Å². The normalized spacial score (nSPS) is 54.0. The van der Waals surface area contributed by atoms with Gasteiger partial charge in [0.1, 0.15) is 17.3 Å². The average Bonchev–Trinajstić information content (AvgIpc) is 2.21. The molecule has 0 amide bonds. The lowest BCUT2D eigenvalue weighted by Crippen LogP contribution is -2.80. The van der Waals surface area contributed by atoms with E-state index in [1.807, 2.05) is 0 Å². The molecular formula is C10H21NO5. The fourth-order valence-electron chi connectivity index (χ4n) is 2.09. The topological polar surface area (TPSA) is 102 Å². The molecule has 1 rings (SSSR count). The molecule has 0 saturated carbocycles. The van der Waals surface area contributed by atoms with Gasteiger partial charge < -0.3 is 30.5 Å². The predicted octanol–water partition coefficient (Wildman–Crippen LogP) is -1.82. The SMILES string of the molecule is CNC1(C)C(O)OC(CO)C(C)(O)C1(C)O. The molecule has 0 aliphatic carbocycles. The molecule has 1 aliphatic rings. The minimum atomic E-state index is -1.68. The van der Waals surface area contributed by atoms with Crippen molar-refractivity contribution < 1.29 is 25.2 Å². The Balaban J connectivity index is 3.21. The lowest BCUT2D eigenvalue weighted by atomic mass is 9.66. The summed E-state index contributed by atoms with van der Waals surface area (Å²) in [6, 6.07) is 0. The van der Waals surface area contributed by atoms with Crippen LogP contribution in [-0.4, -0.2) is 63.2 Å². The van der Waals surface area contributed by atoms with Gasteiger partial charge in [0, 0.05) is 0 Å². The van der Waals surface area contributed by atoms with Crippen molar-refractivity contribution in [2.24, 2.45) is 0 Å². The van der Waals surface area contributed by atoms with E-state index in [1.165, 1.54) is 13.8 Å². The number of rotatable bonds is 2. The van der Waals surface area contributed by atoms with Gasteiger partial charge in [0.05, 0.1) is 12.1 Å². The van der Waals surface area contributed by atoms with Gasteiger partial charge in [-0.25, -0.2) is 0 Å². The van der Waals surface area contributed by atoms with Crippen LogP contribution in [0.2, 0.25) is 0 Å². The molecule has 16 heavy (non-hydrogen) atoms. The van der Waals surface area contributed by atoms with Crippen molar-refractivity contribution in [1.29, 1.82) is 0 Å². The van der Waals surface area contributed by atoms with Gasteiger partial charge in [0.15, 0.2) is 6.29 Å². The fourth-order valence-corrected chi connectivity index (χ4v) is 2.09. The summed E-state index contributed by atoms with van der Waals surface area (Å²) in [6.07, 6.45) is -2.37. The van der Waals surface area contributed by atoms with E-state index >= 15 is 0 Å². The van der Waals surface area contributed by atoms with Gasteiger partial charge in [0.2, 0.25) is 0 Å². The van der Waals surface area contributed by atoms with Crippen molar-refractivity contribution in [3.05, 3.63) is 0 Å². The van der Waals surface area contributed by atoms with Crippen LogP contribution in [-0.2, 0) is 4.74 Å². The Morgan fingerprint density at radius 2 is 1.75 bits per heavy atom. The Labute approximate surface area is 94.9 Å². The summed E-state index contributed by atoms with van der Waals surface area (Å²) >= 11 is 0. The molecule has 1 aliphatic heterocycles. The zero-order chi connectivity index (χ0) is 12.8. The predicted molar refractivity (Wildman–Crippen MR) is 56.7 cm³/mol. The molecule has 6 heteroatoms. The number of hydrogen-bond donors (Lipinski definition) is 5. The third-order valence-corrected chi connectivity index (χ3v) is 4.10. The van der Waals surface area contributed by atoms with Crippen molar-refractivity contribution in [2.75, 3.05) is 13.7 Å². The number of nitrogens with one attached hydrogen (secondary N) is 1. The third-order valence-electron chi connectivity index (χ3n) is 4.10. The Hall–Kier alpha value is -0.240. The smallest absolute Gasteiger partial charge is 0.176 e. The van der Waals surface area contributed by atoms with E-state index in [-0.39, 0.29) is 0 Å². The van der Waals surface area contributed by atoms with Gasteiger partial charge >= 0.3 is 0 Å². The summed E-state index contributed by atoms with van der Waals surface area (Å²) in [5.41, 5.74) is -4.58. The summed E-state index contributed by atoms with van der Waals surface area (Å²) in [5, 5.41) is 42.4. The summed E-state index contributed by atoms with van der Waals surface area (Å²) in [6.45, 7) is 3.83. The first-order chi connectivity index (χ1) is 7.15. The highest BCUT2D eigenvalue weighted by Crippen LogP contribution is 2.42. The van der Waals surface area contributed by atoms with Crippen LogP contribution >= 0.6 is 0 Å². The summed E-state index contributed by atoms with van der Waals surface area (Å²) < 4.78 is 5.13. The van der Waals surface area contributed by atoms with Crippen LogP contribution in [0.4, 0.5) is 0 Å². The summed E-state index contributed by atoms with van der Waals surface area (Å²) in [5.74, 6) is 0. The molecular weight excluding hydrogens is 214 g/mol. The lowest BCUT2D eigenvalue weighted by molar-refractivity contribution is -0.344. The molecule has 6 nitrogen and oxygen atoms in total. The summed E-state index contributed by atoms with van der Waals surface area (Å²) in [7, 11) is 1.55. The second-order valence-electron chi connectivity index (χ2n) is 4.83. The van der Waals surface area contributed by atoms with E-state index in [0.717, 1.165) is 0 Å². The minimum absolute atomic E-state index is 0.486. The van der Waals surface area contributed by atoms with Gasteiger partial charge in [-0.05, 0) is 27.8 Å². The highest BCUT2D eigenvalue weighted by Gasteiger charge is 2.65. The maximum atomic E-state index is 10.4. The van der Waals surface area contributed by atoms with Crippen LogP contribution in [0.25, 0.3) is 0 Å². The van der Waals surface area contributed by atoms with Gasteiger partial charge in [-0.1, -0.05) is 0 Å². The first-order valence-electron chi connectivity index (χ1n) is 5.23. The first-order valence-corrected chi connectivity index (χ1v) is 5.23. The molecule has 1 heterocycles. The molecule has 5 N–H and O–H groups in total. The highest BCUT2D eigenvalue weighted by molar-refractivity contribution is 5.16. The quantitative estimate of drug-likeness (QED) is 0.386. The first kappa shape index (κ1) is 13.8. The van der Waals surface area contributed by atoms with E-state index in [2.05, 4.69) is 5.32 Å². The molecule has 0 radical (unpaired) electrons. The largest absolute Gasteiger partial charge is 0.394 e. The van der Waals surface area contributed by atoms with Crippen LogP contribution in [0.15, 0.2) is 0 Å². The Morgan fingerprint density at radius 1 is 1.25 bits per heavy atom. The van der Waals surface area contributed by atoms with Gasteiger partial charge in [0.25, 0.3) is 0 Å². The maximum absolute atomic E-state index is 10.4. The van der Waals surface area contributed by atoms with Gasteiger partial charge in [-0.3, -0.25) is 0 Å². The molecule has 96 valence electrons. The zero-order valence-corrected chi connectivity index (χ0v) is 10.1. The molecule has 1 fully saturated rings. The van der Waals surface area contributed by atoms with Crippen LogP contribution < -0.4 is 5.32 Å².